The largest absolute Gasteiger partial charge is 0.497 e. The quantitative estimate of drug-likeness (QED) is 0.487. The van der Waals surface area contributed by atoms with Gasteiger partial charge >= 0.3 is 0 Å². The maximum absolute atomic E-state index is 12.6. The van der Waals surface area contributed by atoms with E-state index in [2.05, 4.69) is 15.5 Å². The highest BCUT2D eigenvalue weighted by molar-refractivity contribution is 8.00. The zero-order chi connectivity index (χ0) is 21.0. The van der Waals surface area contributed by atoms with Gasteiger partial charge in [0.15, 0.2) is 11.0 Å². The summed E-state index contributed by atoms with van der Waals surface area (Å²) in [6.07, 6.45) is 0. The lowest BCUT2D eigenvalue weighted by atomic mass is 10.2. The van der Waals surface area contributed by atoms with E-state index in [1.165, 1.54) is 11.8 Å². The first-order valence-corrected chi connectivity index (χ1v) is 10.6. The number of carbonyl (C=O) groups excluding carboxylic acids is 1. The number of rotatable bonds is 7. The predicted molar refractivity (Wildman–Crippen MR) is 118 cm³/mol. The van der Waals surface area contributed by atoms with E-state index in [0.29, 0.717) is 27.4 Å². The molecule has 0 bridgehead atoms. The zero-order valence-corrected chi connectivity index (χ0v) is 18.5. The number of amides is 1. The molecule has 152 valence electrons. The molecule has 3 rings (SSSR count). The number of hydrogen-bond acceptors (Lipinski definition) is 5. The van der Waals surface area contributed by atoms with Crippen LogP contribution in [0.15, 0.2) is 47.6 Å². The molecule has 0 aliphatic heterocycles. The summed E-state index contributed by atoms with van der Waals surface area (Å²) >= 11 is 13.4. The summed E-state index contributed by atoms with van der Waals surface area (Å²) in [5.41, 5.74) is 1.40. The van der Waals surface area contributed by atoms with Gasteiger partial charge in [-0.2, -0.15) is 0 Å². The van der Waals surface area contributed by atoms with Crippen LogP contribution in [0.25, 0.3) is 11.4 Å². The number of methoxy groups -OCH3 is 1. The second-order valence-electron chi connectivity index (χ2n) is 6.15. The van der Waals surface area contributed by atoms with Crippen molar-refractivity contribution in [1.82, 2.24) is 14.8 Å². The number of thioether (sulfide) groups is 1. The van der Waals surface area contributed by atoms with Gasteiger partial charge < -0.3 is 14.6 Å². The van der Waals surface area contributed by atoms with Gasteiger partial charge in [-0.1, -0.05) is 35.0 Å². The highest BCUT2D eigenvalue weighted by Crippen LogP contribution is 2.30. The van der Waals surface area contributed by atoms with Crippen molar-refractivity contribution in [3.05, 3.63) is 52.5 Å². The van der Waals surface area contributed by atoms with Gasteiger partial charge in [-0.05, 0) is 56.3 Å². The van der Waals surface area contributed by atoms with E-state index in [1.807, 2.05) is 35.8 Å². The summed E-state index contributed by atoms with van der Waals surface area (Å²) < 4.78 is 7.18. The van der Waals surface area contributed by atoms with E-state index in [0.717, 1.165) is 17.1 Å². The molecular weight excluding hydrogens is 431 g/mol. The molecule has 29 heavy (non-hydrogen) atoms. The molecular formula is C20H20Cl2N4O2S. The highest BCUT2D eigenvalue weighted by atomic mass is 35.5. The van der Waals surface area contributed by atoms with Gasteiger partial charge in [0, 0.05) is 17.1 Å². The minimum Gasteiger partial charge on any atom is -0.497 e. The number of ether oxygens (including phenoxy) is 1. The topological polar surface area (TPSA) is 69.0 Å². The highest BCUT2D eigenvalue weighted by Gasteiger charge is 2.21. The summed E-state index contributed by atoms with van der Waals surface area (Å²) in [6.45, 7) is 4.49. The Bertz CT molecular complexity index is 1010. The number of benzene rings is 2. The standard InChI is InChI=1S/C20H20Cl2N4O2S/c1-4-26-18(13-5-8-15(28-3)9-6-13)24-25-20(26)29-12(2)19(27)23-17-11-14(21)7-10-16(17)22/h5-12H,4H2,1-3H3,(H,23,27). The molecule has 0 spiro atoms. The van der Waals surface area contributed by atoms with E-state index in [-0.39, 0.29) is 5.91 Å². The Morgan fingerprint density at radius 2 is 1.93 bits per heavy atom. The van der Waals surface area contributed by atoms with Gasteiger partial charge in [0.2, 0.25) is 5.91 Å². The van der Waals surface area contributed by atoms with Crippen LogP contribution >= 0.6 is 35.0 Å². The molecule has 1 amide bonds. The summed E-state index contributed by atoms with van der Waals surface area (Å²) in [4.78, 5) is 12.6. The third-order valence-electron chi connectivity index (χ3n) is 4.22. The molecule has 0 saturated carbocycles. The van der Waals surface area contributed by atoms with Crippen LogP contribution in [0.2, 0.25) is 10.0 Å². The minimum atomic E-state index is -0.414. The van der Waals surface area contributed by atoms with E-state index in [1.54, 1.807) is 32.2 Å². The summed E-state index contributed by atoms with van der Waals surface area (Å²) in [6, 6.07) is 12.6. The number of halogens is 2. The molecule has 0 fully saturated rings. The second-order valence-corrected chi connectivity index (χ2v) is 8.30. The molecule has 0 saturated heterocycles. The molecule has 3 aromatic rings. The monoisotopic (exact) mass is 450 g/mol. The van der Waals surface area contributed by atoms with Gasteiger partial charge in [-0.15, -0.1) is 10.2 Å². The lowest BCUT2D eigenvalue weighted by Gasteiger charge is -2.14. The van der Waals surface area contributed by atoms with Crippen molar-refractivity contribution in [2.24, 2.45) is 0 Å². The minimum absolute atomic E-state index is 0.198. The van der Waals surface area contributed by atoms with Crippen molar-refractivity contribution < 1.29 is 9.53 Å². The van der Waals surface area contributed by atoms with Gasteiger partial charge in [-0.25, -0.2) is 0 Å². The molecule has 1 atom stereocenters. The number of anilines is 1. The van der Waals surface area contributed by atoms with Crippen LogP contribution in [0, 0.1) is 0 Å². The zero-order valence-electron chi connectivity index (χ0n) is 16.1. The van der Waals surface area contributed by atoms with Crippen LogP contribution in [-0.2, 0) is 11.3 Å². The van der Waals surface area contributed by atoms with Crippen LogP contribution in [0.3, 0.4) is 0 Å². The van der Waals surface area contributed by atoms with E-state index in [9.17, 15) is 4.79 Å². The van der Waals surface area contributed by atoms with Gasteiger partial charge in [-0.3, -0.25) is 4.79 Å². The predicted octanol–water partition coefficient (Wildman–Crippen LogP) is 5.40. The van der Waals surface area contributed by atoms with Crippen molar-refractivity contribution in [2.75, 3.05) is 12.4 Å². The number of carbonyl (C=O) groups is 1. The van der Waals surface area contributed by atoms with Crippen LogP contribution in [-0.4, -0.2) is 33.0 Å². The number of nitrogens with one attached hydrogen (secondary N) is 1. The van der Waals surface area contributed by atoms with Crippen molar-refractivity contribution in [3.63, 3.8) is 0 Å². The first-order valence-electron chi connectivity index (χ1n) is 8.93. The Labute approximate surface area is 183 Å². The van der Waals surface area contributed by atoms with Gasteiger partial charge in [0.25, 0.3) is 0 Å². The van der Waals surface area contributed by atoms with Crippen molar-refractivity contribution in [1.29, 1.82) is 0 Å². The molecule has 2 aromatic carbocycles. The fourth-order valence-corrected chi connectivity index (χ4v) is 3.90. The molecule has 1 heterocycles. The SMILES string of the molecule is CCn1c(SC(C)C(=O)Nc2cc(Cl)ccc2Cl)nnc1-c1ccc(OC)cc1. The fourth-order valence-electron chi connectivity index (χ4n) is 2.65. The number of hydrogen-bond donors (Lipinski definition) is 1. The average molecular weight is 451 g/mol. The lowest BCUT2D eigenvalue weighted by Crippen LogP contribution is -2.23. The molecule has 9 heteroatoms. The molecule has 1 unspecified atom stereocenters. The van der Waals surface area contributed by atoms with Crippen LogP contribution in [0.1, 0.15) is 13.8 Å². The molecule has 6 nitrogen and oxygen atoms in total. The van der Waals surface area contributed by atoms with Crippen molar-refractivity contribution in [2.45, 2.75) is 30.8 Å². The molecule has 0 aliphatic carbocycles. The number of nitrogens with zero attached hydrogens (tertiary/aromatic N) is 3. The Morgan fingerprint density at radius 1 is 1.21 bits per heavy atom. The first kappa shape index (κ1) is 21.5. The maximum atomic E-state index is 12.6. The third kappa shape index (κ3) is 5.04. The lowest BCUT2D eigenvalue weighted by molar-refractivity contribution is -0.115. The average Bonchev–Trinajstić information content (AvgIpc) is 3.13. The van der Waals surface area contributed by atoms with Crippen LogP contribution < -0.4 is 10.1 Å². The molecule has 1 N–H and O–H groups in total. The summed E-state index contributed by atoms with van der Waals surface area (Å²) in [7, 11) is 1.63. The Kier molecular flexibility index (Phi) is 7.05. The van der Waals surface area contributed by atoms with Gasteiger partial charge in [0.05, 0.1) is 23.1 Å². The molecule has 0 radical (unpaired) electrons. The molecule has 0 aliphatic rings. The Morgan fingerprint density at radius 3 is 2.59 bits per heavy atom. The van der Waals surface area contributed by atoms with Crippen molar-refractivity contribution in [3.8, 4) is 17.1 Å². The Hall–Kier alpha value is -2.22. The van der Waals surface area contributed by atoms with Crippen LogP contribution in [0.4, 0.5) is 5.69 Å². The molecule has 1 aromatic heterocycles. The van der Waals surface area contributed by atoms with Crippen molar-refractivity contribution >= 4 is 46.6 Å². The first-order chi connectivity index (χ1) is 13.9. The van der Waals surface area contributed by atoms with E-state index in [4.69, 9.17) is 27.9 Å². The van der Waals surface area contributed by atoms with E-state index < -0.39 is 5.25 Å². The maximum Gasteiger partial charge on any atom is 0.237 e. The van der Waals surface area contributed by atoms with Crippen LogP contribution in [0.5, 0.6) is 5.75 Å². The Balaban J connectivity index is 1.76. The second kappa shape index (κ2) is 9.52. The summed E-state index contributed by atoms with van der Waals surface area (Å²) in [5.74, 6) is 1.31. The van der Waals surface area contributed by atoms with Gasteiger partial charge in [0.1, 0.15) is 5.75 Å². The van der Waals surface area contributed by atoms with E-state index >= 15 is 0 Å². The normalized spacial score (nSPS) is 11.9. The smallest absolute Gasteiger partial charge is 0.237 e. The third-order valence-corrected chi connectivity index (χ3v) is 5.86. The summed E-state index contributed by atoms with van der Waals surface area (Å²) in [5, 5.41) is 12.6. The number of aromatic nitrogens is 3. The fraction of sp³-hybridized carbons (Fsp3) is 0.250.